The van der Waals surface area contributed by atoms with Crippen molar-refractivity contribution in [3.05, 3.63) is 0 Å². The Labute approximate surface area is 108 Å². The van der Waals surface area contributed by atoms with E-state index in [2.05, 4.69) is 5.32 Å². The topological polar surface area (TPSA) is 73.2 Å². The van der Waals surface area contributed by atoms with Crippen molar-refractivity contribution in [2.75, 3.05) is 13.1 Å². The molecule has 1 saturated carbocycles. The van der Waals surface area contributed by atoms with Crippen molar-refractivity contribution >= 4 is 11.8 Å². The van der Waals surface area contributed by atoms with E-state index in [0.717, 1.165) is 25.7 Å². The number of hydrogen-bond donors (Lipinski definition) is 1. The third-order valence-corrected chi connectivity index (χ3v) is 3.11. The van der Waals surface area contributed by atoms with Crippen LogP contribution in [0.15, 0.2) is 0 Å². The maximum atomic E-state index is 12.1. The third kappa shape index (κ3) is 4.02. The highest BCUT2D eigenvalue weighted by Gasteiger charge is 2.30. The number of carbonyl (C=O) groups is 2. The molecule has 2 amide bonds. The number of hydrogen-bond acceptors (Lipinski definition) is 3. The first kappa shape index (κ1) is 14.5. The zero-order valence-corrected chi connectivity index (χ0v) is 11.1. The number of nitriles is 1. The summed E-state index contributed by atoms with van der Waals surface area (Å²) in [7, 11) is 0. The molecule has 0 spiro atoms. The molecule has 1 N–H and O–H groups in total. The predicted octanol–water partition coefficient (Wildman–Crippen LogP) is 1.05. The summed E-state index contributed by atoms with van der Waals surface area (Å²) in [4.78, 5) is 25.4. The molecular weight excluding hydrogens is 230 g/mol. The molecule has 0 heterocycles. The van der Waals surface area contributed by atoms with Crippen molar-refractivity contribution in [3.63, 3.8) is 0 Å². The van der Waals surface area contributed by atoms with Gasteiger partial charge in [0.15, 0.2) is 0 Å². The van der Waals surface area contributed by atoms with Gasteiger partial charge in [0.2, 0.25) is 0 Å². The number of nitrogens with one attached hydrogen (secondary N) is 1. The summed E-state index contributed by atoms with van der Waals surface area (Å²) in [5, 5.41) is 10.7. The van der Waals surface area contributed by atoms with Crippen LogP contribution in [0.5, 0.6) is 0 Å². The fourth-order valence-corrected chi connectivity index (χ4v) is 2.33. The quantitative estimate of drug-likeness (QED) is 0.599. The van der Waals surface area contributed by atoms with Crippen LogP contribution in [-0.4, -0.2) is 35.8 Å². The summed E-state index contributed by atoms with van der Waals surface area (Å²) in [5.41, 5.74) is 0. The van der Waals surface area contributed by atoms with Gasteiger partial charge in [0.25, 0.3) is 0 Å². The minimum atomic E-state index is -0.663. The van der Waals surface area contributed by atoms with Gasteiger partial charge in [-0.1, -0.05) is 26.7 Å². The number of rotatable bonds is 4. The van der Waals surface area contributed by atoms with Gasteiger partial charge >= 0.3 is 11.8 Å². The Hall–Kier alpha value is -1.57. The minimum absolute atomic E-state index is 0.120. The average Bonchev–Trinajstić information content (AvgIpc) is 2.85. The van der Waals surface area contributed by atoms with Gasteiger partial charge in [0, 0.05) is 12.6 Å². The first-order chi connectivity index (χ1) is 8.56. The lowest BCUT2D eigenvalue weighted by molar-refractivity contribution is -0.147. The fourth-order valence-electron chi connectivity index (χ4n) is 2.33. The van der Waals surface area contributed by atoms with Gasteiger partial charge < -0.3 is 10.2 Å². The molecule has 5 heteroatoms. The van der Waals surface area contributed by atoms with Gasteiger partial charge in [-0.3, -0.25) is 9.59 Å². The average molecular weight is 251 g/mol. The van der Waals surface area contributed by atoms with Crippen molar-refractivity contribution in [2.24, 2.45) is 5.92 Å². The zero-order valence-electron chi connectivity index (χ0n) is 11.1. The van der Waals surface area contributed by atoms with Crippen LogP contribution in [0.1, 0.15) is 39.5 Å². The molecule has 0 saturated heterocycles. The van der Waals surface area contributed by atoms with E-state index in [1.54, 1.807) is 11.0 Å². The van der Waals surface area contributed by atoms with Crippen LogP contribution >= 0.6 is 0 Å². The Balaban J connectivity index is 2.66. The summed E-state index contributed by atoms with van der Waals surface area (Å²) >= 11 is 0. The van der Waals surface area contributed by atoms with E-state index in [9.17, 15) is 9.59 Å². The van der Waals surface area contributed by atoms with E-state index in [4.69, 9.17) is 5.26 Å². The largest absolute Gasteiger partial charge is 0.335 e. The molecule has 0 aromatic rings. The Morgan fingerprint density at radius 2 is 2.00 bits per heavy atom. The molecule has 0 bridgehead atoms. The lowest BCUT2D eigenvalue weighted by Gasteiger charge is -2.29. The molecule has 1 aliphatic rings. The lowest BCUT2D eigenvalue weighted by Crippen LogP contribution is -2.48. The second-order valence-corrected chi connectivity index (χ2v) is 5.13. The van der Waals surface area contributed by atoms with E-state index >= 15 is 0 Å². The van der Waals surface area contributed by atoms with Gasteiger partial charge in [0.1, 0.15) is 6.54 Å². The molecule has 5 nitrogen and oxygen atoms in total. The van der Waals surface area contributed by atoms with E-state index in [0.29, 0.717) is 12.5 Å². The monoisotopic (exact) mass is 251 g/mol. The number of carbonyl (C=O) groups excluding carboxylic acids is 2. The zero-order chi connectivity index (χ0) is 13.5. The summed E-state index contributed by atoms with van der Waals surface area (Å²) in [6.07, 6.45) is 4.19. The molecule has 1 fully saturated rings. The Bertz CT molecular complexity index is 341. The van der Waals surface area contributed by atoms with Crippen molar-refractivity contribution in [1.29, 1.82) is 5.26 Å². The van der Waals surface area contributed by atoms with Gasteiger partial charge in [-0.25, -0.2) is 0 Å². The van der Waals surface area contributed by atoms with Crippen molar-refractivity contribution in [2.45, 2.75) is 45.6 Å². The molecule has 0 aliphatic heterocycles. The van der Waals surface area contributed by atoms with Gasteiger partial charge in [-0.05, 0) is 18.8 Å². The highest BCUT2D eigenvalue weighted by molar-refractivity contribution is 6.35. The van der Waals surface area contributed by atoms with Gasteiger partial charge in [-0.2, -0.15) is 5.26 Å². The van der Waals surface area contributed by atoms with E-state index < -0.39 is 11.8 Å². The molecule has 1 aliphatic carbocycles. The normalized spacial score (nSPS) is 15.4. The summed E-state index contributed by atoms with van der Waals surface area (Å²) < 4.78 is 0. The Morgan fingerprint density at radius 1 is 1.39 bits per heavy atom. The van der Waals surface area contributed by atoms with Crippen LogP contribution in [0, 0.1) is 17.2 Å². The summed E-state index contributed by atoms with van der Waals surface area (Å²) in [6, 6.07) is 1.99. The Morgan fingerprint density at radius 3 is 2.50 bits per heavy atom. The molecular formula is C13H21N3O2. The highest BCUT2D eigenvalue weighted by atomic mass is 16.2. The van der Waals surface area contributed by atoms with Crippen molar-refractivity contribution < 1.29 is 9.59 Å². The van der Waals surface area contributed by atoms with Crippen LogP contribution in [0.3, 0.4) is 0 Å². The van der Waals surface area contributed by atoms with E-state index in [1.807, 2.05) is 13.8 Å². The van der Waals surface area contributed by atoms with Crippen LogP contribution < -0.4 is 5.32 Å². The van der Waals surface area contributed by atoms with Gasteiger partial charge in [-0.15, -0.1) is 0 Å². The summed E-state index contributed by atoms with van der Waals surface area (Å²) in [5.74, 6) is -0.826. The maximum Gasteiger partial charge on any atom is 0.312 e. The number of amides is 2. The second-order valence-electron chi connectivity index (χ2n) is 5.13. The molecule has 0 aromatic carbocycles. The minimum Gasteiger partial charge on any atom is -0.335 e. The molecule has 100 valence electrons. The van der Waals surface area contributed by atoms with Gasteiger partial charge in [0.05, 0.1) is 6.07 Å². The Kier molecular flexibility index (Phi) is 5.63. The highest BCUT2D eigenvalue weighted by Crippen LogP contribution is 2.24. The molecule has 1 rings (SSSR count). The third-order valence-electron chi connectivity index (χ3n) is 3.11. The van der Waals surface area contributed by atoms with Crippen LogP contribution in [0.25, 0.3) is 0 Å². The smallest absolute Gasteiger partial charge is 0.312 e. The fraction of sp³-hybridized carbons (Fsp3) is 0.769. The first-order valence-corrected chi connectivity index (χ1v) is 6.52. The maximum absolute atomic E-state index is 12.1. The van der Waals surface area contributed by atoms with Crippen LogP contribution in [0.4, 0.5) is 0 Å². The molecule has 0 atom stereocenters. The number of nitrogens with zero attached hydrogens (tertiary/aromatic N) is 2. The van der Waals surface area contributed by atoms with Crippen LogP contribution in [0.2, 0.25) is 0 Å². The first-order valence-electron chi connectivity index (χ1n) is 6.52. The molecule has 0 aromatic heterocycles. The van der Waals surface area contributed by atoms with E-state index in [1.165, 1.54) is 0 Å². The van der Waals surface area contributed by atoms with Crippen LogP contribution in [-0.2, 0) is 9.59 Å². The second kappa shape index (κ2) is 7.00. The standard InChI is InChI=1S/C13H21N3O2/c1-10(2)9-16(11-5-3-4-6-11)13(18)12(17)15-8-7-14/h10-11H,3-6,8-9H2,1-2H3,(H,15,17). The van der Waals surface area contributed by atoms with E-state index in [-0.39, 0.29) is 12.6 Å². The summed E-state index contributed by atoms with van der Waals surface area (Å²) in [6.45, 7) is 4.54. The molecule has 0 unspecified atom stereocenters. The van der Waals surface area contributed by atoms with Crippen molar-refractivity contribution in [1.82, 2.24) is 10.2 Å². The predicted molar refractivity (Wildman–Crippen MR) is 67.4 cm³/mol. The van der Waals surface area contributed by atoms with Crippen molar-refractivity contribution in [3.8, 4) is 6.07 Å². The SMILES string of the molecule is CC(C)CN(C(=O)C(=O)NCC#N)C1CCCC1. The lowest BCUT2D eigenvalue weighted by atomic mass is 10.1. The molecule has 18 heavy (non-hydrogen) atoms. The molecule has 0 radical (unpaired) electrons.